The van der Waals surface area contributed by atoms with Crippen molar-refractivity contribution in [2.24, 2.45) is 0 Å². The Morgan fingerprint density at radius 2 is 1.94 bits per heavy atom. The highest BCUT2D eigenvalue weighted by Gasteiger charge is 2.25. The van der Waals surface area contributed by atoms with Gasteiger partial charge in [-0.15, -0.1) is 0 Å². The lowest BCUT2D eigenvalue weighted by molar-refractivity contribution is -0.135. The topological polar surface area (TPSA) is 38.0 Å². The van der Waals surface area contributed by atoms with Crippen molar-refractivity contribution in [3.63, 3.8) is 0 Å². The lowest BCUT2D eigenvalue weighted by Gasteiger charge is -2.11. The lowest BCUT2D eigenvalue weighted by atomic mass is 10.1. The minimum atomic E-state index is -4.05. The molecule has 0 atom stereocenters. The quantitative estimate of drug-likeness (QED) is 0.613. The molecule has 3 N–H and O–H groups in total. The van der Waals surface area contributed by atoms with Crippen LogP contribution >= 0.6 is 0 Å². The molecule has 0 spiro atoms. The number of anilines is 2. The van der Waals surface area contributed by atoms with Crippen molar-refractivity contribution in [1.29, 1.82) is 0 Å². The van der Waals surface area contributed by atoms with Gasteiger partial charge in [-0.05, 0) is 31.4 Å². The van der Waals surface area contributed by atoms with Crippen molar-refractivity contribution in [1.82, 2.24) is 0 Å². The van der Waals surface area contributed by atoms with Crippen molar-refractivity contribution in [2.45, 2.75) is 32.4 Å². The molecule has 1 rings (SSSR count). The summed E-state index contributed by atoms with van der Waals surface area (Å²) in [6, 6.07) is 5.58. The van der Waals surface area contributed by atoms with Gasteiger partial charge in [0.25, 0.3) is 0 Å². The molecule has 0 saturated heterocycles. The van der Waals surface area contributed by atoms with Gasteiger partial charge in [0.15, 0.2) is 0 Å². The Labute approximate surface area is 99.0 Å². The summed E-state index contributed by atoms with van der Waals surface area (Å²) < 4.78 is 35.6. The van der Waals surface area contributed by atoms with E-state index in [-0.39, 0.29) is 6.42 Å². The molecule has 1 aromatic carbocycles. The van der Waals surface area contributed by atoms with E-state index in [4.69, 9.17) is 5.73 Å². The number of hydrogen-bond donors (Lipinski definition) is 2. The highest BCUT2D eigenvalue weighted by molar-refractivity contribution is 5.69. The SMILES string of the molecule is Cc1cccc(NCCCCC(F)(F)F)c1N. The van der Waals surface area contributed by atoms with Gasteiger partial charge in [0.2, 0.25) is 0 Å². The minimum Gasteiger partial charge on any atom is -0.397 e. The minimum absolute atomic E-state index is 0.141. The summed E-state index contributed by atoms with van der Waals surface area (Å²) >= 11 is 0. The molecule has 0 aliphatic carbocycles. The lowest BCUT2D eigenvalue weighted by Crippen LogP contribution is -2.09. The van der Waals surface area contributed by atoms with E-state index >= 15 is 0 Å². The predicted molar refractivity (Wildman–Crippen MR) is 64.0 cm³/mol. The molecule has 0 aliphatic heterocycles. The van der Waals surface area contributed by atoms with Crippen molar-refractivity contribution in [3.05, 3.63) is 23.8 Å². The maximum atomic E-state index is 11.9. The average Bonchev–Trinajstić information content (AvgIpc) is 2.22. The van der Waals surface area contributed by atoms with E-state index in [1.54, 1.807) is 0 Å². The second-order valence-corrected chi connectivity index (χ2v) is 4.04. The maximum absolute atomic E-state index is 11.9. The fraction of sp³-hybridized carbons (Fsp3) is 0.500. The van der Waals surface area contributed by atoms with E-state index in [2.05, 4.69) is 5.32 Å². The number of nitrogens with one attached hydrogen (secondary N) is 1. The number of rotatable bonds is 5. The molecular formula is C12H17F3N2. The summed E-state index contributed by atoms with van der Waals surface area (Å²) in [7, 11) is 0. The van der Waals surface area contributed by atoms with Gasteiger partial charge in [-0.1, -0.05) is 12.1 Å². The molecule has 0 unspecified atom stereocenters. The summed E-state index contributed by atoms with van der Waals surface area (Å²) in [5, 5.41) is 3.05. The molecule has 1 aromatic rings. The van der Waals surface area contributed by atoms with Gasteiger partial charge < -0.3 is 11.1 Å². The zero-order chi connectivity index (χ0) is 12.9. The number of hydrogen-bond acceptors (Lipinski definition) is 2. The van der Waals surface area contributed by atoms with Crippen LogP contribution in [0.25, 0.3) is 0 Å². The fourth-order valence-electron chi connectivity index (χ4n) is 1.51. The molecule has 2 nitrogen and oxygen atoms in total. The third-order valence-corrected chi connectivity index (χ3v) is 2.53. The first-order chi connectivity index (χ1) is 7.90. The van der Waals surface area contributed by atoms with Crippen LogP contribution in [0.15, 0.2) is 18.2 Å². The molecule has 0 saturated carbocycles. The number of alkyl halides is 3. The van der Waals surface area contributed by atoms with Crippen molar-refractivity contribution in [2.75, 3.05) is 17.6 Å². The van der Waals surface area contributed by atoms with E-state index in [0.29, 0.717) is 18.7 Å². The second kappa shape index (κ2) is 5.80. The van der Waals surface area contributed by atoms with Gasteiger partial charge in [0, 0.05) is 13.0 Å². The number of halogens is 3. The Bertz CT molecular complexity index is 361. The number of aryl methyl sites for hydroxylation is 1. The zero-order valence-electron chi connectivity index (χ0n) is 9.77. The second-order valence-electron chi connectivity index (χ2n) is 4.04. The van der Waals surface area contributed by atoms with Gasteiger partial charge in [-0.3, -0.25) is 0 Å². The summed E-state index contributed by atoms with van der Waals surface area (Å²) in [6.07, 6.45) is -4.16. The number of benzene rings is 1. The Kier molecular flexibility index (Phi) is 4.66. The first-order valence-corrected chi connectivity index (χ1v) is 5.56. The molecule has 0 radical (unpaired) electrons. The molecule has 17 heavy (non-hydrogen) atoms. The highest BCUT2D eigenvalue weighted by atomic mass is 19.4. The summed E-state index contributed by atoms with van der Waals surface area (Å²) in [6.45, 7) is 2.40. The average molecular weight is 246 g/mol. The van der Waals surface area contributed by atoms with Gasteiger partial charge in [-0.25, -0.2) is 0 Å². The van der Waals surface area contributed by atoms with Crippen molar-refractivity contribution >= 4 is 11.4 Å². The standard InChI is InChI=1S/C12H17F3N2/c1-9-5-4-6-10(11(9)16)17-8-3-2-7-12(13,14)15/h4-6,17H,2-3,7-8,16H2,1H3. The van der Waals surface area contributed by atoms with Gasteiger partial charge in [-0.2, -0.15) is 13.2 Å². The Hall–Kier alpha value is -1.39. The fourth-order valence-corrected chi connectivity index (χ4v) is 1.51. The van der Waals surface area contributed by atoms with Gasteiger partial charge >= 0.3 is 6.18 Å². The van der Waals surface area contributed by atoms with Crippen LogP contribution in [0.1, 0.15) is 24.8 Å². The first-order valence-electron chi connectivity index (χ1n) is 5.56. The van der Waals surface area contributed by atoms with Crippen LogP contribution < -0.4 is 11.1 Å². The Morgan fingerprint density at radius 3 is 2.59 bits per heavy atom. The smallest absolute Gasteiger partial charge is 0.389 e. The molecule has 0 aliphatic rings. The third-order valence-electron chi connectivity index (χ3n) is 2.53. The summed E-state index contributed by atoms with van der Waals surface area (Å²) in [5.41, 5.74) is 8.23. The first kappa shape index (κ1) is 13.7. The van der Waals surface area contributed by atoms with E-state index in [1.165, 1.54) is 0 Å². The molecule has 0 bridgehead atoms. The molecular weight excluding hydrogens is 229 g/mol. The van der Waals surface area contributed by atoms with E-state index in [9.17, 15) is 13.2 Å². The number of para-hydroxylation sites is 1. The largest absolute Gasteiger partial charge is 0.397 e. The molecule has 0 aromatic heterocycles. The number of nitrogens with two attached hydrogens (primary N) is 1. The van der Waals surface area contributed by atoms with Crippen LogP contribution in [0.5, 0.6) is 0 Å². The maximum Gasteiger partial charge on any atom is 0.389 e. The van der Waals surface area contributed by atoms with Crippen molar-refractivity contribution in [3.8, 4) is 0 Å². The normalized spacial score (nSPS) is 11.5. The highest BCUT2D eigenvalue weighted by Crippen LogP contribution is 2.23. The van der Waals surface area contributed by atoms with Gasteiger partial charge in [0.05, 0.1) is 11.4 Å². The molecule has 5 heteroatoms. The van der Waals surface area contributed by atoms with Crippen LogP contribution in [0.3, 0.4) is 0 Å². The van der Waals surface area contributed by atoms with Crippen LogP contribution in [0.2, 0.25) is 0 Å². The molecule has 0 amide bonds. The monoisotopic (exact) mass is 246 g/mol. The van der Waals surface area contributed by atoms with Crippen LogP contribution in [-0.2, 0) is 0 Å². The zero-order valence-corrected chi connectivity index (χ0v) is 9.77. The molecule has 96 valence electrons. The van der Waals surface area contributed by atoms with Gasteiger partial charge in [0.1, 0.15) is 0 Å². The number of unbranched alkanes of at least 4 members (excludes halogenated alkanes) is 1. The molecule has 0 fully saturated rings. The van der Waals surface area contributed by atoms with Crippen LogP contribution in [0, 0.1) is 6.92 Å². The summed E-state index contributed by atoms with van der Waals surface area (Å²) in [5.74, 6) is 0. The Balaban J connectivity index is 2.29. The van der Waals surface area contributed by atoms with E-state index < -0.39 is 12.6 Å². The third kappa shape index (κ3) is 4.97. The van der Waals surface area contributed by atoms with Crippen molar-refractivity contribution < 1.29 is 13.2 Å². The molecule has 0 heterocycles. The summed E-state index contributed by atoms with van der Waals surface area (Å²) in [4.78, 5) is 0. The van der Waals surface area contributed by atoms with E-state index in [1.807, 2.05) is 25.1 Å². The Morgan fingerprint density at radius 1 is 1.24 bits per heavy atom. The predicted octanol–water partition coefficient (Wildman–Crippen LogP) is 3.72. The number of nitrogen functional groups attached to an aromatic ring is 1. The van der Waals surface area contributed by atoms with Crippen LogP contribution in [0.4, 0.5) is 24.5 Å². The van der Waals surface area contributed by atoms with E-state index in [0.717, 1.165) is 11.3 Å². The van der Waals surface area contributed by atoms with Crippen LogP contribution in [-0.4, -0.2) is 12.7 Å².